The van der Waals surface area contributed by atoms with Crippen LogP contribution in [-0.4, -0.2) is 42.4 Å². The van der Waals surface area contributed by atoms with Gasteiger partial charge in [-0.05, 0) is 30.2 Å². The van der Waals surface area contributed by atoms with Crippen molar-refractivity contribution < 1.29 is 19.2 Å². The second-order valence-electron chi connectivity index (χ2n) is 6.80. The van der Waals surface area contributed by atoms with Crippen molar-refractivity contribution in [2.45, 2.75) is 19.9 Å². The predicted octanol–water partition coefficient (Wildman–Crippen LogP) is 3.86. The number of benzene rings is 2. The standard InChI is InChI=1S/C22H24N2O5/c1-3-29-21-13-17(12-19(24(26)27)22(21)28-2)11-18-15-23(10-9-20(18)25)14-16-7-5-4-6-8-16/h4-8,11-13H,3,9-10,14-15H2,1-2H3/b18-11+. The van der Waals surface area contributed by atoms with Crippen molar-refractivity contribution in [3.63, 3.8) is 0 Å². The van der Waals surface area contributed by atoms with Crippen molar-refractivity contribution in [2.75, 3.05) is 26.8 Å². The van der Waals surface area contributed by atoms with E-state index in [1.165, 1.54) is 18.7 Å². The average molecular weight is 396 g/mol. The number of Topliss-reactive ketones (excluding diaryl/α,β-unsaturated/α-hetero) is 1. The van der Waals surface area contributed by atoms with Crippen LogP contribution in [0.5, 0.6) is 11.5 Å². The Kier molecular flexibility index (Phi) is 6.61. The zero-order valence-corrected chi connectivity index (χ0v) is 16.6. The second kappa shape index (κ2) is 9.34. The van der Waals surface area contributed by atoms with E-state index in [-0.39, 0.29) is 17.2 Å². The molecule has 3 rings (SSSR count). The van der Waals surface area contributed by atoms with Crippen LogP contribution in [0.25, 0.3) is 6.08 Å². The summed E-state index contributed by atoms with van der Waals surface area (Å²) in [5.41, 5.74) is 2.18. The molecule has 2 aromatic rings. The molecule has 0 spiro atoms. The monoisotopic (exact) mass is 396 g/mol. The van der Waals surface area contributed by atoms with E-state index in [1.54, 1.807) is 19.1 Å². The maximum absolute atomic E-state index is 12.5. The molecule has 0 aromatic heterocycles. The number of carbonyl (C=O) groups is 1. The Morgan fingerprint density at radius 3 is 2.66 bits per heavy atom. The molecule has 0 amide bonds. The Morgan fingerprint density at radius 1 is 1.24 bits per heavy atom. The lowest BCUT2D eigenvalue weighted by molar-refractivity contribution is -0.385. The highest BCUT2D eigenvalue weighted by atomic mass is 16.6. The third-order valence-corrected chi connectivity index (χ3v) is 4.76. The number of hydrogen-bond donors (Lipinski definition) is 0. The molecule has 0 N–H and O–H groups in total. The first-order valence-corrected chi connectivity index (χ1v) is 9.51. The first-order chi connectivity index (χ1) is 14.0. The molecule has 0 unspecified atom stereocenters. The normalized spacial score (nSPS) is 16.1. The van der Waals surface area contributed by atoms with Crippen LogP contribution >= 0.6 is 0 Å². The number of rotatable bonds is 7. The summed E-state index contributed by atoms with van der Waals surface area (Å²) in [4.78, 5) is 25.6. The number of nitro groups is 1. The first-order valence-electron chi connectivity index (χ1n) is 9.51. The molecule has 0 aliphatic carbocycles. The summed E-state index contributed by atoms with van der Waals surface area (Å²) in [5.74, 6) is 0.436. The quantitative estimate of drug-likeness (QED) is 0.402. The van der Waals surface area contributed by atoms with Crippen LogP contribution in [-0.2, 0) is 11.3 Å². The molecule has 0 bridgehead atoms. The van der Waals surface area contributed by atoms with Gasteiger partial charge in [0.05, 0.1) is 18.6 Å². The molecule has 1 heterocycles. The zero-order chi connectivity index (χ0) is 20.8. The van der Waals surface area contributed by atoms with Crippen LogP contribution in [0.1, 0.15) is 24.5 Å². The highest BCUT2D eigenvalue weighted by molar-refractivity contribution is 6.00. The number of ether oxygens (including phenoxy) is 2. The SMILES string of the molecule is CCOc1cc(/C=C2\CN(Cc3ccccc3)CCC2=O)cc([N+](=O)[O-])c1OC. The van der Waals surface area contributed by atoms with E-state index in [9.17, 15) is 14.9 Å². The molecule has 1 fully saturated rings. The van der Waals surface area contributed by atoms with Gasteiger partial charge in [-0.2, -0.15) is 0 Å². The second-order valence-corrected chi connectivity index (χ2v) is 6.80. The highest BCUT2D eigenvalue weighted by Crippen LogP contribution is 2.39. The Balaban J connectivity index is 1.90. The van der Waals surface area contributed by atoms with Crippen molar-refractivity contribution in [3.05, 3.63) is 69.3 Å². The Morgan fingerprint density at radius 2 is 2.00 bits per heavy atom. The van der Waals surface area contributed by atoms with Crippen LogP contribution in [0.2, 0.25) is 0 Å². The van der Waals surface area contributed by atoms with E-state index in [2.05, 4.69) is 17.0 Å². The van der Waals surface area contributed by atoms with Crippen molar-refractivity contribution in [1.29, 1.82) is 0 Å². The van der Waals surface area contributed by atoms with E-state index in [0.717, 1.165) is 6.54 Å². The average Bonchev–Trinajstić information content (AvgIpc) is 2.71. The number of hydrogen-bond acceptors (Lipinski definition) is 6. The van der Waals surface area contributed by atoms with E-state index < -0.39 is 4.92 Å². The molecule has 7 nitrogen and oxygen atoms in total. The Labute approximate surface area is 169 Å². The molecule has 29 heavy (non-hydrogen) atoms. The summed E-state index contributed by atoms with van der Waals surface area (Å²) in [6.07, 6.45) is 2.14. The molecular formula is C22H24N2O5. The molecule has 0 saturated carbocycles. The number of carbonyl (C=O) groups excluding carboxylic acids is 1. The number of piperidine rings is 1. The molecule has 2 aromatic carbocycles. The largest absolute Gasteiger partial charge is 0.490 e. The van der Waals surface area contributed by atoms with Crippen molar-refractivity contribution in [1.82, 2.24) is 4.90 Å². The van der Waals surface area contributed by atoms with Gasteiger partial charge in [-0.3, -0.25) is 19.8 Å². The summed E-state index contributed by atoms with van der Waals surface area (Å²) < 4.78 is 10.7. The van der Waals surface area contributed by atoms with Crippen LogP contribution in [0.3, 0.4) is 0 Å². The molecule has 1 aliphatic rings. The number of methoxy groups -OCH3 is 1. The predicted molar refractivity (Wildman–Crippen MR) is 110 cm³/mol. The van der Waals surface area contributed by atoms with Gasteiger partial charge in [0.25, 0.3) is 0 Å². The fraction of sp³-hybridized carbons (Fsp3) is 0.318. The van der Waals surface area contributed by atoms with Gasteiger partial charge in [0.15, 0.2) is 11.5 Å². The third kappa shape index (κ3) is 5.00. The minimum Gasteiger partial charge on any atom is -0.490 e. The van der Waals surface area contributed by atoms with Gasteiger partial charge in [0, 0.05) is 37.7 Å². The van der Waals surface area contributed by atoms with E-state index in [4.69, 9.17) is 9.47 Å². The van der Waals surface area contributed by atoms with Crippen LogP contribution in [0.4, 0.5) is 5.69 Å². The van der Waals surface area contributed by atoms with Crippen LogP contribution < -0.4 is 9.47 Å². The summed E-state index contributed by atoms with van der Waals surface area (Å²) in [7, 11) is 1.37. The van der Waals surface area contributed by atoms with Gasteiger partial charge < -0.3 is 9.47 Å². The number of ketones is 1. The molecule has 0 atom stereocenters. The van der Waals surface area contributed by atoms with E-state index in [0.29, 0.717) is 43.0 Å². The molecule has 152 valence electrons. The maximum atomic E-state index is 12.5. The smallest absolute Gasteiger partial charge is 0.315 e. The van der Waals surface area contributed by atoms with Gasteiger partial charge in [-0.25, -0.2) is 0 Å². The number of nitrogens with zero attached hydrogens (tertiary/aromatic N) is 2. The number of nitro benzene ring substituents is 1. The highest BCUT2D eigenvalue weighted by Gasteiger charge is 2.24. The van der Waals surface area contributed by atoms with Gasteiger partial charge in [0.2, 0.25) is 5.75 Å². The van der Waals surface area contributed by atoms with Crippen molar-refractivity contribution in [2.24, 2.45) is 0 Å². The third-order valence-electron chi connectivity index (χ3n) is 4.76. The van der Waals surface area contributed by atoms with Gasteiger partial charge in [-0.15, -0.1) is 0 Å². The Hall–Kier alpha value is -3.19. The molecule has 1 saturated heterocycles. The minimum absolute atomic E-state index is 0.0609. The first kappa shape index (κ1) is 20.5. The topological polar surface area (TPSA) is 81.9 Å². The van der Waals surface area contributed by atoms with Crippen LogP contribution in [0, 0.1) is 10.1 Å². The lowest BCUT2D eigenvalue weighted by Gasteiger charge is -2.28. The molecular weight excluding hydrogens is 372 g/mol. The van der Waals surface area contributed by atoms with Gasteiger partial charge in [-0.1, -0.05) is 30.3 Å². The summed E-state index contributed by atoms with van der Waals surface area (Å²) in [5, 5.41) is 11.5. The Bertz CT molecular complexity index is 924. The maximum Gasteiger partial charge on any atom is 0.315 e. The van der Waals surface area contributed by atoms with Gasteiger partial charge >= 0.3 is 5.69 Å². The fourth-order valence-corrected chi connectivity index (χ4v) is 3.43. The fourth-order valence-electron chi connectivity index (χ4n) is 3.43. The van der Waals surface area contributed by atoms with Crippen LogP contribution in [0.15, 0.2) is 48.0 Å². The van der Waals surface area contributed by atoms with Gasteiger partial charge in [0.1, 0.15) is 0 Å². The summed E-state index contributed by atoms with van der Waals surface area (Å²) >= 11 is 0. The summed E-state index contributed by atoms with van der Waals surface area (Å²) in [6, 6.07) is 13.2. The molecule has 7 heteroatoms. The summed E-state index contributed by atoms with van der Waals surface area (Å²) in [6.45, 7) is 4.08. The van der Waals surface area contributed by atoms with Crippen molar-refractivity contribution >= 4 is 17.5 Å². The van der Waals surface area contributed by atoms with Crippen molar-refractivity contribution in [3.8, 4) is 11.5 Å². The zero-order valence-electron chi connectivity index (χ0n) is 16.6. The molecule has 1 aliphatic heterocycles. The lowest BCUT2D eigenvalue weighted by atomic mass is 9.99. The minimum atomic E-state index is -0.506. The van der Waals surface area contributed by atoms with E-state index >= 15 is 0 Å². The van der Waals surface area contributed by atoms with E-state index in [1.807, 2.05) is 18.2 Å². The lowest BCUT2D eigenvalue weighted by Crippen LogP contribution is -2.35. The molecule has 0 radical (unpaired) electrons. The number of likely N-dealkylation sites (tertiary alicyclic amines) is 1.